The molecule has 13 heteroatoms. The summed E-state index contributed by atoms with van der Waals surface area (Å²) < 4.78 is 23.1. The Kier molecular flexibility index (Phi) is 13.2. The van der Waals surface area contributed by atoms with Gasteiger partial charge < -0.3 is 19.3 Å². The molecular formula is C35H37Cl5FN3O4. The van der Waals surface area contributed by atoms with Crippen molar-refractivity contribution in [2.24, 2.45) is 5.92 Å². The molecule has 0 aromatic heterocycles. The number of amides is 2. The molecule has 2 amide bonds. The summed E-state index contributed by atoms with van der Waals surface area (Å²) in [5.41, 5.74) is 1.63. The zero-order valence-electron chi connectivity index (χ0n) is 26.2. The van der Waals surface area contributed by atoms with Crippen molar-refractivity contribution in [2.75, 3.05) is 50.9 Å². The number of morpholine rings is 1. The van der Waals surface area contributed by atoms with E-state index in [1.54, 1.807) is 28.0 Å². The Labute approximate surface area is 305 Å². The minimum Gasteiger partial charge on any atom is -0.492 e. The molecule has 0 N–H and O–H groups in total. The molecule has 0 spiro atoms. The zero-order chi connectivity index (χ0) is 34.3. The Bertz CT molecular complexity index is 1550. The van der Waals surface area contributed by atoms with Crippen molar-refractivity contribution in [2.45, 2.75) is 42.1 Å². The van der Waals surface area contributed by atoms with Gasteiger partial charge in [-0.15, -0.1) is 0 Å². The number of rotatable bonds is 11. The van der Waals surface area contributed by atoms with E-state index in [4.69, 9.17) is 67.5 Å². The van der Waals surface area contributed by atoms with Crippen LogP contribution in [0.25, 0.3) is 0 Å². The molecule has 2 atom stereocenters. The number of hydrogen-bond acceptors (Lipinski definition) is 5. The summed E-state index contributed by atoms with van der Waals surface area (Å²) in [4.78, 5) is 33.1. The third kappa shape index (κ3) is 9.90. The van der Waals surface area contributed by atoms with Gasteiger partial charge in [0, 0.05) is 56.1 Å². The van der Waals surface area contributed by atoms with Crippen molar-refractivity contribution in [3.05, 3.63) is 93.7 Å². The van der Waals surface area contributed by atoms with Crippen LogP contribution >= 0.6 is 58.0 Å². The van der Waals surface area contributed by atoms with Gasteiger partial charge in [0.2, 0.25) is 0 Å². The Morgan fingerprint density at radius 3 is 2.44 bits per heavy atom. The summed E-state index contributed by atoms with van der Waals surface area (Å²) in [5.74, 6) is -0.739. The molecule has 3 aromatic carbocycles. The van der Waals surface area contributed by atoms with Crippen molar-refractivity contribution >= 4 is 75.5 Å². The Morgan fingerprint density at radius 2 is 1.71 bits per heavy atom. The van der Waals surface area contributed by atoms with E-state index in [0.717, 1.165) is 32.5 Å². The molecule has 1 aliphatic carbocycles. The highest BCUT2D eigenvalue weighted by Crippen LogP contribution is 2.37. The number of halogens is 6. The summed E-state index contributed by atoms with van der Waals surface area (Å²) in [5, 5.41) is 0.691. The van der Waals surface area contributed by atoms with Gasteiger partial charge in [0.1, 0.15) is 18.2 Å². The molecule has 2 aliphatic rings. The van der Waals surface area contributed by atoms with E-state index in [1.165, 1.54) is 24.3 Å². The van der Waals surface area contributed by atoms with Gasteiger partial charge in [-0.05, 0) is 73.2 Å². The first kappa shape index (κ1) is 37.0. The van der Waals surface area contributed by atoms with Crippen LogP contribution in [-0.2, 0) is 16.1 Å². The average molecular weight is 760 g/mol. The summed E-state index contributed by atoms with van der Waals surface area (Å²) in [7, 11) is 0. The smallest absolute Gasteiger partial charge is 0.275 e. The van der Waals surface area contributed by atoms with E-state index in [-0.39, 0.29) is 24.4 Å². The van der Waals surface area contributed by atoms with E-state index in [0.29, 0.717) is 71.8 Å². The molecule has 2 unspecified atom stereocenters. The molecule has 258 valence electrons. The van der Waals surface area contributed by atoms with Gasteiger partial charge in [0.05, 0.1) is 23.3 Å². The minimum atomic E-state index is -2.18. The van der Waals surface area contributed by atoms with Crippen molar-refractivity contribution in [3.8, 4) is 5.75 Å². The molecule has 0 radical (unpaired) electrons. The van der Waals surface area contributed by atoms with Crippen LogP contribution in [0.5, 0.6) is 5.75 Å². The van der Waals surface area contributed by atoms with Gasteiger partial charge in [-0.1, -0.05) is 82.6 Å². The molecule has 48 heavy (non-hydrogen) atoms. The summed E-state index contributed by atoms with van der Waals surface area (Å²) in [6, 6.07) is 17.8. The zero-order valence-corrected chi connectivity index (χ0v) is 30.0. The number of carbonyl (C=O) groups is 2. The lowest BCUT2D eigenvalue weighted by atomic mass is 9.84. The van der Waals surface area contributed by atoms with Crippen molar-refractivity contribution in [1.29, 1.82) is 0 Å². The predicted octanol–water partition coefficient (Wildman–Crippen LogP) is 8.45. The number of nitrogens with zero attached hydrogens (tertiary/aromatic N) is 3. The second kappa shape index (κ2) is 17.1. The largest absolute Gasteiger partial charge is 0.492 e. The maximum absolute atomic E-state index is 14.0. The normalized spacial score (nSPS) is 18.7. The van der Waals surface area contributed by atoms with Crippen molar-refractivity contribution in [3.63, 3.8) is 0 Å². The lowest BCUT2D eigenvalue weighted by Crippen LogP contribution is -2.48. The van der Waals surface area contributed by atoms with Crippen LogP contribution in [0.4, 0.5) is 10.1 Å². The van der Waals surface area contributed by atoms with Crippen molar-refractivity contribution in [1.82, 2.24) is 9.80 Å². The third-order valence-electron chi connectivity index (χ3n) is 8.76. The Hall–Kier alpha value is -2.30. The summed E-state index contributed by atoms with van der Waals surface area (Å²) >= 11 is 31.2. The van der Waals surface area contributed by atoms with Crippen LogP contribution in [-0.4, -0.2) is 77.4 Å². The molecule has 1 saturated heterocycles. The lowest BCUT2D eigenvalue weighted by Gasteiger charge is -2.40. The molecule has 0 bridgehead atoms. The molecule has 3 aromatic rings. The molecule has 1 saturated carbocycles. The third-order valence-corrected chi connectivity index (χ3v) is 10.1. The van der Waals surface area contributed by atoms with Gasteiger partial charge in [-0.2, -0.15) is 0 Å². The first-order valence-corrected chi connectivity index (χ1v) is 17.8. The summed E-state index contributed by atoms with van der Waals surface area (Å²) in [6.45, 7) is 4.85. The number of anilines is 1. The minimum absolute atomic E-state index is 0.0143. The molecular weight excluding hydrogens is 723 g/mol. The molecule has 5 rings (SSSR count). The van der Waals surface area contributed by atoms with Gasteiger partial charge in [0.15, 0.2) is 0 Å². The monoisotopic (exact) mass is 757 g/mol. The van der Waals surface area contributed by atoms with E-state index in [1.807, 2.05) is 24.3 Å². The van der Waals surface area contributed by atoms with Crippen LogP contribution < -0.4 is 9.64 Å². The number of benzene rings is 3. The van der Waals surface area contributed by atoms with E-state index in [2.05, 4.69) is 4.90 Å². The van der Waals surface area contributed by atoms with E-state index >= 15 is 0 Å². The Morgan fingerprint density at radius 1 is 0.979 bits per heavy atom. The number of ether oxygens (including phenoxy) is 2. The lowest BCUT2D eigenvalue weighted by molar-refractivity contribution is -0.134. The van der Waals surface area contributed by atoms with E-state index in [9.17, 15) is 14.0 Å². The first-order chi connectivity index (χ1) is 23.0. The fourth-order valence-corrected chi connectivity index (χ4v) is 6.97. The second-order valence-electron chi connectivity index (χ2n) is 12.1. The first-order valence-electron chi connectivity index (χ1n) is 15.9. The maximum atomic E-state index is 14.0. The quantitative estimate of drug-likeness (QED) is 0.184. The number of hydrogen-bond donors (Lipinski definition) is 0. The van der Waals surface area contributed by atoms with Crippen LogP contribution in [0.3, 0.4) is 0 Å². The SMILES string of the molecule is O=C(c1ccc(F)cc1)N(CC1CCCC(N(Cc2cccc(Cl)c2Cl)C(=O)C(Cl)(Cl)Cl)C1)c1cccc(OCCN2CCOCC2)c1. The van der Waals surface area contributed by atoms with Crippen LogP contribution in [0, 0.1) is 11.7 Å². The molecule has 1 aliphatic heterocycles. The van der Waals surface area contributed by atoms with Crippen LogP contribution in [0.2, 0.25) is 10.0 Å². The fraction of sp³-hybridized carbons (Fsp3) is 0.429. The highest BCUT2D eigenvalue weighted by Gasteiger charge is 2.40. The highest BCUT2D eigenvalue weighted by atomic mass is 35.6. The maximum Gasteiger partial charge on any atom is 0.275 e. The molecule has 1 heterocycles. The van der Waals surface area contributed by atoms with Crippen LogP contribution in [0.1, 0.15) is 41.6 Å². The van der Waals surface area contributed by atoms with E-state index < -0.39 is 15.5 Å². The van der Waals surface area contributed by atoms with Gasteiger partial charge in [-0.3, -0.25) is 14.5 Å². The molecule has 7 nitrogen and oxygen atoms in total. The Balaban J connectivity index is 1.37. The average Bonchev–Trinajstić information content (AvgIpc) is 3.08. The van der Waals surface area contributed by atoms with Gasteiger partial charge in [0.25, 0.3) is 15.6 Å². The second-order valence-corrected chi connectivity index (χ2v) is 15.1. The summed E-state index contributed by atoms with van der Waals surface area (Å²) in [6.07, 6.45) is 2.83. The molecule has 2 fully saturated rings. The number of alkyl halides is 3. The van der Waals surface area contributed by atoms with Gasteiger partial charge >= 0.3 is 0 Å². The topological polar surface area (TPSA) is 62.3 Å². The van der Waals surface area contributed by atoms with Gasteiger partial charge in [-0.25, -0.2) is 4.39 Å². The number of carbonyl (C=O) groups excluding carboxylic acids is 2. The fourth-order valence-electron chi connectivity index (χ4n) is 6.27. The van der Waals surface area contributed by atoms with Crippen LogP contribution in [0.15, 0.2) is 66.7 Å². The highest BCUT2D eigenvalue weighted by molar-refractivity contribution is 6.76. The standard InChI is InChI=1S/C35H37Cl5FN3O4/c36-31-9-2-5-26(32(31)37)23-44(34(46)35(38,39)40)28-6-1-4-24(20-28)22-43(33(45)25-10-12-27(41)13-11-25)29-7-3-8-30(21-29)48-19-16-42-14-17-47-18-15-42/h2-3,5,7-13,21,24,28H,1,4,6,14-20,22-23H2. The predicted molar refractivity (Wildman–Crippen MR) is 190 cm³/mol. The van der Waals surface area contributed by atoms with Crippen molar-refractivity contribution < 1.29 is 23.5 Å².